The number of fused-ring (bicyclic) bond motifs is 1. The van der Waals surface area contributed by atoms with E-state index in [9.17, 15) is 9.59 Å². The minimum Gasteiger partial charge on any atom is -0.449 e. The summed E-state index contributed by atoms with van der Waals surface area (Å²) in [5.41, 5.74) is 2.26. The molecular formula is C24H33N5O6. The first-order chi connectivity index (χ1) is 17.0. The van der Waals surface area contributed by atoms with Gasteiger partial charge in [0, 0.05) is 51.0 Å². The van der Waals surface area contributed by atoms with Crippen LogP contribution in [0.25, 0.3) is 22.2 Å². The van der Waals surface area contributed by atoms with E-state index in [0.717, 1.165) is 19.1 Å². The van der Waals surface area contributed by atoms with Gasteiger partial charge in [-0.25, -0.2) is 4.79 Å². The first kappa shape index (κ1) is 26.2. The van der Waals surface area contributed by atoms with Crippen LogP contribution in [-0.2, 0) is 16.5 Å². The average molecular weight is 488 g/mol. The van der Waals surface area contributed by atoms with Gasteiger partial charge in [-0.05, 0) is 32.3 Å². The van der Waals surface area contributed by atoms with E-state index in [2.05, 4.69) is 22.3 Å². The van der Waals surface area contributed by atoms with Crippen molar-refractivity contribution in [1.82, 2.24) is 20.1 Å². The molecular weight excluding hydrogens is 454 g/mol. The predicted octanol–water partition coefficient (Wildman–Crippen LogP) is 3.12. The summed E-state index contributed by atoms with van der Waals surface area (Å²) >= 11 is 0. The van der Waals surface area contributed by atoms with E-state index in [1.165, 1.54) is 7.05 Å². The molecule has 0 radical (unpaired) electrons. The number of furan rings is 1. The average Bonchev–Trinajstić information content (AvgIpc) is 3.49. The molecule has 11 heteroatoms. The van der Waals surface area contributed by atoms with Crippen molar-refractivity contribution in [1.29, 1.82) is 0 Å². The Bertz CT molecular complexity index is 1160. The highest BCUT2D eigenvalue weighted by Gasteiger charge is 2.37. The fraction of sp³-hybridized carbons (Fsp3) is 0.500. The maximum atomic E-state index is 13.3. The van der Waals surface area contributed by atoms with Crippen molar-refractivity contribution in [3.8, 4) is 11.3 Å². The Balaban J connectivity index is 0.00000167. The number of hydrogen-bond acceptors (Lipinski definition) is 8. The lowest BCUT2D eigenvalue weighted by Crippen LogP contribution is -2.46. The van der Waals surface area contributed by atoms with E-state index in [1.807, 2.05) is 19.3 Å². The summed E-state index contributed by atoms with van der Waals surface area (Å²) in [4.78, 5) is 32.1. The van der Waals surface area contributed by atoms with Crippen LogP contribution < -0.4 is 10.2 Å². The number of hydrogen-bond donors (Lipinski definition) is 2. The lowest BCUT2D eigenvalue weighted by Gasteiger charge is -2.36. The van der Waals surface area contributed by atoms with E-state index < -0.39 is 12.0 Å². The molecule has 4 heterocycles. The molecule has 3 aromatic heterocycles. The number of rotatable bonds is 6. The summed E-state index contributed by atoms with van der Waals surface area (Å²) in [7, 11) is 4.35. The normalized spacial score (nSPS) is 17.4. The summed E-state index contributed by atoms with van der Waals surface area (Å²) in [6.45, 7) is 4.54. The topological polar surface area (TPSA) is 132 Å². The Morgan fingerprint density at radius 1 is 1.31 bits per heavy atom. The zero-order chi connectivity index (χ0) is 25.5. The number of nitrogens with one attached hydrogen (secondary N) is 1. The van der Waals surface area contributed by atoms with Crippen LogP contribution in [0.5, 0.6) is 0 Å². The number of carbonyl (C=O) groups excluding carboxylic acids is 2. The minimum absolute atomic E-state index is 0.0231. The first-order valence-corrected chi connectivity index (χ1v) is 11.6. The Morgan fingerprint density at radius 2 is 2.09 bits per heavy atom. The van der Waals surface area contributed by atoms with Crippen LogP contribution in [0.3, 0.4) is 0 Å². The number of amides is 2. The Labute approximate surface area is 204 Å². The molecule has 2 unspecified atom stereocenters. The Morgan fingerprint density at radius 3 is 2.71 bits per heavy atom. The molecule has 35 heavy (non-hydrogen) atoms. The fourth-order valence-electron chi connectivity index (χ4n) is 4.20. The zero-order valence-corrected chi connectivity index (χ0v) is 20.8. The highest BCUT2D eigenvalue weighted by atomic mass is 16.6. The number of nitrogens with zero attached hydrogens (tertiary/aromatic N) is 4. The molecule has 190 valence electrons. The highest BCUT2D eigenvalue weighted by Crippen LogP contribution is 2.39. The third kappa shape index (κ3) is 5.46. The number of carbonyl (C=O) groups is 2. The summed E-state index contributed by atoms with van der Waals surface area (Å²) in [5.74, 6) is -0.386. The smallest absolute Gasteiger partial charge is 0.414 e. The number of aliphatic hydroxyl groups is 1. The lowest BCUT2D eigenvalue weighted by molar-refractivity contribution is 0.00467. The van der Waals surface area contributed by atoms with Gasteiger partial charge >= 0.3 is 6.09 Å². The minimum atomic E-state index is -0.521. The van der Waals surface area contributed by atoms with Crippen molar-refractivity contribution in [3.63, 3.8) is 0 Å². The molecule has 0 spiro atoms. The van der Waals surface area contributed by atoms with Crippen LogP contribution in [0.4, 0.5) is 10.5 Å². The van der Waals surface area contributed by atoms with Gasteiger partial charge in [0.15, 0.2) is 5.58 Å². The second-order valence-electron chi connectivity index (χ2n) is 7.98. The van der Waals surface area contributed by atoms with Crippen LogP contribution >= 0.6 is 0 Å². The van der Waals surface area contributed by atoms with E-state index >= 15 is 0 Å². The van der Waals surface area contributed by atoms with Gasteiger partial charge in [-0.2, -0.15) is 5.10 Å². The zero-order valence-electron chi connectivity index (χ0n) is 20.8. The van der Waals surface area contributed by atoms with Gasteiger partial charge in [-0.3, -0.25) is 19.4 Å². The summed E-state index contributed by atoms with van der Waals surface area (Å²) < 4.78 is 18.9. The molecule has 0 aromatic carbocycles. The number of ether oxygens (including phenoxy) is 2. The van der Waals surface area contributed by atoms with E-state index in [1.54, 1.807) is 28.9 Å². The number of aliphatic hydroxyl groups excluding tert-OH is 1. The van der Waals surface area contributed by atoms with Crippen molar-refractivity contribution in [2.75, 3.05) is 32.3 Å². The maximum Gasteiger partial charge on any atom is 0.414 e. The number of aryl methyl sites for hydroxylation is 1. The number of pyridine rings is 1. The largest absolute Gasteiger partial charge is 0.449 e. The van der Waals surface area contributed by atoms with Crippen molar-refractivity contribution >= 4 is 28.7 Å². The maximum absolute atomic E-state index is 13.3. The fourth-order valence-corrected chi connectivity index (χ4v) is 4.20. The summed E-state index contributed by atoms with van der Waals surface area (Å²) in [6, 6.07) is 1.61. The van der Waals surface area contributed by atoms with Gasteiger partial charge in [-0.15, -0.1) is 0 Å². The van der Waals surface area contributed by atoms with E-state index in [4.69, 9.17) is 19.0 Å². The summed E-state index contributed by atoms with van der Waals surface area (Å²) in [5, 5.41) is 14.4. The van der Waals surface area contributed by atoms with Crippen molar-refractivity contribution in [2.24, 2.45) is 7.05 Å². The molecule has 1 aliphatic rings. The second kappa shape index (κ2) is 11.8. The van der Waals surface area contributed by atoms with Gasteiger partial charge in [0.1, 0.15) is 5.69 Å². The predicted molar refractivity (Wildman–Crippen MR) is 130 cm³/mol. The number of anilines is 1. The van der Waals surface area contributed by atoms with Crippen molar-refractivity contribution in [2.45, 2.75) is 45.3 Å². The Hall–Kier alpha value is -3.44. The SMILES string of the molecule is CCOC(=O)N(c1c(C(=O)NC)oc2cnc(-c3cnn(C)c3)cc12)C1CCOC(CC)C1.CO. The highest BCUT2D eigenvalue weighted by molar-refractivity contribution is 6.11. The molecule has 1 saturated heterocycles. The van der Waals surface area contributed by atoms with Crippen LogP contribution in [-0.4, -0.2) is 71.4 Å². The Kier molecular flexibility index (Phi) is 8.83. The standard InChI is InChI=1S/C23H29N5O5.CH4O/c1-5-16-9-15(7-8-32-16)28(23(30)31-6-2)20-17-10-18(14-11-26-27(4)13-14)25-12-19(17)33-21(20)22(29)24-3;1-2/h10-13,15-16H,5-9H2,1-4H3,(H,24,29);2H,1H3. The van der Waals surface area contributed by atoms with Gasteiger partial charge in [-0.1, -0.05) is 6.92 Å². The van der Waals surface area contributed by atoms with Gasteiger partial charge in [0.25, 0.3) is 5.91 Å². The molecule has 0 aliphatic carbocycles. The van der Waals surface area contributed by atoms with Crippen LogP contribution in [0.2, 0.25) is 0 Å². The van der Waals surface area contributed by atoms with E-state index in [0.29, 0.717) is 41.8 Å². The van der Waals surface area contributed by atoms with Crippen molar-refractivity contribution < 1.29 is 28.6 Å². The molecule has 0 saturated carbocycles. The van der Waals surface area contributed by atoms with Crippen LogP contribution in [0.15, 0.2) is 29.1 Å². The molecule has 1 fully saturated rings. The van der Waals surface area contributed by atoms with Crippen LogP contribution in [0, 0.1) is 0 Å². The van der Waals surface area contributed by atoms with Crippen LogP contribution in [0.1, 0.15) is 43.7 Å². The van der Waals surface area contributed by atoms with Crippen molar-refractivity contribution in [3.05, 3.63) is 30.4 Å². The number of aromatic nitrogens is 3. The molecule has 2 amide bonds. The molecule has 2 atom stereocenters. The quantitative estimate of drug-likeness (QED) is 0.542. The van der Waals surface area contributed by atoms with Gasteiger partial charge in [0.2, 0.25) is 5.76 Å². The monoisotopic (exact) mass is 487 g/mol. The second-order valence-corrected chi connectivity index (χ2v) is 7.98. The molecule has 3 aromatic rings. The summed E-state index contributed by atoms with van der Waals surface area (Å²) in [6.07, 6.45) is 6.71. The molecule has 0 bridgehead atoms. The first-order valence-electron chi connectivity index (χ1n) is 11.6. The van der Waals surface area contributed by atoms with Gasteiger partial charge in [0.05, 0.1) is 30.8 Å². The third-order valence-electron chi connectivity index (χ3n) is 5.85. The third-order valence-corrected chi connectivity index (χ3v) is 5.85. The molecule has 2 N–H and O–H groups in total. The van der Waals surface area contributed by atoms with E-state index in [-0.39, 0.29) is 24.5 Å². The molecule has 1 aliphatic heterocycles. The molecule has 4 rings (SSSR count). The lowest BCUT2D eigenvalue weighted by atomic mass is 9.99. The van der Waals surface area contributed by atoms with Gasteiger partial charge < -0.3 is 24.3 Å². The molecule has 11 nitrogen and oxygen atoms in total.